The van der Waals surface area contributed by atoms with Crippen molar-refractivity contribution < 1.29 is 24.0 Å². The van der Waals surface area contributed by atoms with E-state index in [0.717, 1.165) is 25.9 Å². The quantitative estimate of drug-likeness (QED) is 0.141. The highest BCUT2D eigenvalue weighted by Gasteiger charge is 2.42. The van der Waals surface area contributed by atoms with Crippen molar-refractivity contribution in [2.24, 2.45) is 0 Å². The monoisotopic (exact) mass is 611 g/mol. The second kappa shape index (κ2) is 13.7. The summed E-state index contributed by atoms with van der Waals surface area (Å²) < 4.78 is 5.02. The van der Waals surface area contributed by atoms with Gasteiger partial charge in [0.05, 0.1) is 17.6 Å². The number of hydrazine groups is 1. The van der Waals surface area contributed by atoms with Gasteiger partial charge < -0.3 is 15.0 Å². The van der Waals surface area contributed by atoms with Gasteiger partial charge in [0.25, 0.3) is 5.69 Å². The molecule has 1 unspecified atom stereocenters. The molecule has 2 heterocycles. The van der Waals surface area contributed by atoms with Crippen molar-refractivity contribution in [1.29, 1.82) is 0 Å². The summed E-state index contributed by atoms with van der Waals surface area (Å²) in [5.74, 6) is -0.680. The average Bonchev–Trinajstić information content (AvgIpc) is 3.07. The lowest BCUT2D eigenvalue weighted by molar-refractivity contribution is -0.384. The van der Waals surface area contributed by atoms with E-state index in [1.807, 2.05) is 12.1 Å². The molecular weight excluding hydrogens is 574 g/mol. The Kier molecular flexibility index (Phi) is 9.58. The third kappa shape index (κ3) is 6.44. The number of rotatable bonds is 11. The lowest BCUT2D eigenvalue weighted by Gasteiger charge is -2.44. The van der Waals surface area contributed by atoms with Gasteiger partial charge >= 0.3 is 12.0 Å². The zero-order chi connectivity index (χ0) is 32.0. The Morgan fingerprint density at radius 1 is 1.02 bits per heavy atom. The van der Waals surface area contributed by atoms with Gasteiger partial charge in [0.2, 0.25) is 6.41 Å². The van der Waals surface area contributed by atoms with E-state index in [0.29, 0.717) is 24.9 Å². The van der Waals surface area contributed by atoms with Crippen LogP contribution in [-0.4, -0.2) is 71.5 Å². The van der Waals surface area contributed by atoms with Gasteiger partial charge in [-0.3, -0.25) is 19.9 Å². The van der Waals surface area contributed by atoms with Gasteiger partial charge in [-0.1, -0.05) is 60.7 Å². The zero-order valence-corrected chi connectivity index (χ0v) is 25.4. The van der Waals surface area contributed by atoms with Crippen molar-refractivity contribution in [2.45, 2.75) is 37.6 Å². The van der Waals surface area contributed by atoms with Gasteiger partial charge in [-0.25, -0.2) is 14.6 Å². The number of non-ortho nitro benzene ring substituents is 1. The van der Waals surface area contributed by atoms with E-state index in [1.54, 1.807) is 6.92 Å². The summed E-state index contributed by atoms with van der Waals surface area (Å²) >= 11 is 0. The van der Waals surface area contributed by atoms with Gasteiger partial charge in [0.15, 0.2) is 0 Å². The van der Waals surface area contributed by atoms with Crippen molar-refractivity contribution in [1.82, 2.24) is 20.2 Å². The van der Waals surface area contributed by atoms with Crippen LogP contribution in [0.3, 0.4) is 0 Å². The number of nitro benzene ring substituents is 1. The molecule has 45 heavy (non-hydrogen) atoms. The number of urea groups is 1. The molecule has 234 valence electrons. The number of hydrogen-bond donors (Lipinski definition) is 1. The van der Waals surface area contributed by atoms with Crippen molar-refractivity contribution in [3.05, 3.63) is 123 Å². The third-order valence-corrected chi connectivity index (χ3v) is 8.87. The number of carbonyl (C=O) groups excluding carboxylic acids is 3. The minimum atomic E-state index is -1.02. The maximum Gasteiger partial charge on any atom is 0.341 e. The summed E-state index contributed by atoms with van der Waals surface area (Å²) in [6.45, 7) is 4.24. The number of hydrogen-bond acceptors (Lipinski definition) is 7. The maximum atomic E-state index is 13.3. The molecule has 3 amide bonds. The van der Waals surface area contributed by atoms with Gasteiger partial charge in [-0.15, -0.1) is 0 Å². The van der Waals surface area contributed by atoms with Crippen LogP contribution in [0.25, 0.3) is 0 Å². The van der Waals surface area contributed by atoms with Gasteiger partial charge in [-0.2, -0.15) is 0 Å². The lowest BCUT2D eigenvalue weighted by atomic mass is 9.68. The molecule has 1 atom stereocenters. The Morgan fingerprint density at radius 2 is 1.60 bits per heavy atom. The minimum absolute atomic E-state index is 0.0772. The Bertz CT molecular complexity index is 1510. The number of amides is 3. The van der Waals surface area contributed by atoms with Gasteiger partial charge in [0.1, 0.15) is 6.04 Å². The molecule has 1 fully saturated rings. The SMILES string of the molecule is COC(=O)C1=C(C)NC(=O)N(N(C=O)CCCN2CCC(c3ccccc3)(c3ccccc3)CC2)C1c1ccc([N+](=O)[O-])cc1. The molecule has 0 radical (unpaired) electrons. The van der Waals surface area contributed by atoms with Crippen molar-refractivity contribution >= 4 is 24.1 Å². The number of nitrogens with one attached hydrogen (secondary N) is 1. The van der Waals surface area contributed by atoms with Crippen molar-refractivity contribution in [3.8, 4) is 0 Å². The molecule has 0 spiro atoms. The van der Waals surface area contributed by atoms with Crippen molar-refractivity contribution in [3.63, 3.8) is 0 Å². The number of carbonyl (C=O) groups is 3. The van der Waals surface area contributed by atoms with E-state index in [9.17, 15) is 24.5 Å². The number of piperidine rings is 1. The van der Waals surface area contributed by atoms with Crippen LogP contribution in [0.5, 0.6) is 0 Å². The molecular formula is C34H37N5O6. The fourth-order valence-electron chi connectivity index (χ4n) is 6.54. The highest BCUT2D eigenvalue weighted by molar-refractivity contribution is 5.95. The Hall–Kier alpha value is -5.03. The van der Waals surface area contributed by atoms with E-state index in [-0.39, 0.29) is 28.9 Å². The first-order valence-corrected chi connectivity index (χ1v) is 15.0. The number of nitrogens with zero attached hydrogens (tertiary/aromatic N) is 4. The summed E-state index contributed by atoms with van der Waals surface area (Å²) in [6, 6.07) is 25.2. The molecule has 2 aliphatic heterocycles. The summed E-state index contributed by atoms with van der Waals surface area (Å²) in [5, 5.41) is 16.4. The number of methoxy groups -OCH3 is 1. The fourth-order valence-corrected chi connectivity index (χ4v) is 6.54. The largest absolute Gasteiger partial charge is 0.466 e. The smallest absolute Gasteiger partial charge is 0.341 e. The van der Waals surface area contributed by atoms with Crippen LogP contribution in [-0.2, 0) is 19.7 Å². The predicted molar refractivity (Wildman–Crippen MR) is 168 cm³/mol. The number of esters is 1. The molecule has 11 heteroatoms. The van der Waals surface area contributed by atoms with Crippen LogP contribution >= 0.6 is 0 Å². The third-order valence-electron chi connectivity index (χ3n) is 8.87. The molecule has 0 bridgehead atoms. The predicted octanol–water partition coefficient (Wildman–Crippen LogP) is 4.95. The van der Waals surface area contributed by atoms with Crippen LogP contribution < -0.4 is 5.32 Å². The summed E-state index contributed by atoms with van der Waals surface area (Å²) in [4.78, 5) is 51.8. The summed E-state index contributed by atoms with van der Waals surface area (Å²) in [6.07, 6.45) is 3.04. The highest BCUT2D eigenvalue weighted by atomic mass is 16.6. The summed E-state index contributed by atoms with van der Waals surface area (Å²) in [7, 11) is 1.23. The summed E-state index contributed by atoms with van der Waals surface area (Å²) in [5.41, 5.74) is 3.24. The molecule has 11 nitrogen and oxygen atoms in total. The van der Waals surface area contributed by atoms with Crippen molar-refractivity contribution in [2.75, 3.05) is 33.3 Å². The molecule has 5 rings (SSSR count). The number of ether oxygens (including phenoxy) is 1. The first-order chi connectivity index (χ1) is 21.8. The van der Waals surface area contributed by atoms with E-state index >= 15 is 0 Å². The molecule has 0 aromatic heterocycles. The molecule has 0 aliphatic carbocycles. The fraction of sp³-hybridized carbons (Fsp3) is 0.324. The molecule has 3 aromatic rings. The van der Waals surface area contributed by atoms with E-state index in [4.69, 9.17) is 4.74 Å². The number of nitro groups is 1. The first kappa shape index (κ1) is 31.4. The normalized spacial score (nSPS) is 18.2. The van der Waals surface area contributed by atoms with Gasteiger partial charge in [-0.05, 0) is 74.6 Å². The molecule has 0 saturated carbocycles. The molecule has 1 N–H and O–H groups in total. The van der Waals surface area contributed by atoms with E-state index in [2.05, 4.69) is 58.7 Å². The average molecular weight is 612 g/mol. The first-order valence-electron chi connectivity index (χ1n) is 15.0. The Labute approximate surface area is 262 Å². The molecule has 2 aliphatic rings. The topological polar surface area (TPSA) is 125 Å². The van der Waals surface area contributed by atoms with Crippen LogP contribution in [0.4, 0.5) is 10.5 Å². The molecule has 3 aromatic carbocycles. The van der Waals surface area contributed by atoms with E-state index < -0.39 is 23.0 Å². The second-order valence-electron chi connectivity index (χ2n) is 11.3. The Morgan fingerprint density at radius 3 is 2.11 bits per heavy atom. The standard InChI is InChI=1S/C34H37N5O6/c1-25-30(32(41)45-2)31(26-14-16-29(17-15-26)39(43)44)38(33(42)35-25)37(24-40)21-9-20-36-22-18-34(19-23-36,27-10-5-3-6-11-27)28-12-7-4-8-13-28/h3-8,10-17,24,31H,9,18-23H2,1-2H3,(H,35,42). The minimum Gasteiger partial charge on any atom is -0.466 e. The maximum absolute atomic E-state index is 13.3. The van der Waals surface area contributed by atoms with Gasteiger partial charge in [0, 0.05) is 29.8 Å². The number of likely N-dealkylation sites (tertiary alicyclic amines) is 1. The number of allylic oxidation sites excluding steroid dienone is 1. The van der Waals surface area contributed by atoms with Crippen LogP contribution in [0.2, 0.25) is 0 Å². The molecule has 1 saturated heterocycles. The van der Waals surface area contributed by atoms with Crippen LogP contribution in [0, 0.1) is 10.1 Å². The van der Waals surface area contributed by atoms with Crippen LogP contribution in [0.15, 0.2) is 96.2 Å². The number of benzene rings is 3. The van der Waals surface area contributed by atoms with Crippen LogP contribution in [0.1, 0.15) is 48.9 Å². The zero-order valence-electron chi connectivity index (χ0n) is 25.4. The Balaban J connectivity index is 1.31. The lowest BCUT2D eigenvalue weighted by Crippen LogP contribution is -2.56. The van der Waals surface area contributed by atoms with E-state index in [1.165, 1.54) is 52.5 Å². The second-order valence-corrected chi connectivity index (χ2v) is 11.3. The highest BCUT2D eigenvalue weighted by Crippen LogP contribution is 2.42.